The van der Waals surface area contributed by atoms with Crippen LogP contribution in [-0.4, -0.2) is 36.1 Å². The van der Waals surface area contributed by atoms with Crippen LogP contribution in [0.5, 0.6) is 11.5 Å². The molecule has 0 heterocycles. The Kier molecular flexibility index (Phi) is 7.01. The molecule has 0 amide bonds. The first-order valence-electron chi connectivity index (χ1n) is 12.8. The number of phenols is 2. The highest BCUT2D eigenvalue weighted by molar-refractivity contribution is 5.88. The highest BCUT2D eigenvalue weighted by Gasteiger charge is 2.47. The summed E-state index contributed by atoms with van der Waals surface area (Å²) in [6.45, 7) is 4.43. The number of aromatic hydroxyl groups is 2. The molecule has 0 radical (unpaired) electrons. The van der Waals surface area contributed by atoms with Crippen LogP contribution in [0.2, 0.25) is 0 Å². The Bertz CT molecular complexity index is 1440. The molecule has 0 aromatic heterocycles. The summed E-state index contributed by atoms with van der Waals surface area (Å²) in [4.78, 5) is 0. The zero-order valence-corrected chi connectivity index (χ0v) is 22.3. The molecule has 3 N–H and O–H groups in total. The quantitative estimate of drug-likeness (QED) is 0.242. The van der Waals surface area contributed by atoms with E-state index in [4.69, 9.17) is 9.47 Å². The van der Waals surface area contributed by atoms with E-state index in [2.05, 4.69) is 48.5 Å². The van der Waals surface area contributed by atoms with Crippen molar-refractivity contribution in [2.24, 2.45) is 0 Å². The van der Waals surface area contributed by atoms with E-state index in [0.717, 1.165) is 50.1 Å². The average molecular weight is 511 g/mol. The number of aliphatic hydroxyl groups excluding tert-OH is 1. The molecule has 38 heavy (non-hydrogen) atoms. The van der Waals surface area contributed by atoms with Crippen molar-refractivity contribution in [2.75, 3.05) is 20.8 Å². The van der Waals surface area contributed by atoms with E-state index >= 15 is 0 Å². The Balaban J connectivity index is 1.98. The first-order valence-corrected chi connectivity index (χ1v) is 12.8. The third kappa shape index (κ3) is 3.90. The van der Waals surface area contributed by atoms with Crippen LogP contribution >= 0.6 is 0 Å². The van der Waals surface area contributed by atoms with E-state index in [1.54, 1.807) is 14.2 Å². The zero-order chi connectivity index (χ0) is 27.0. The first kappa shape index (κ1) is 26.0. The molecule has 0 saturated carbocycles. The van der Waals surface area contributed by atoms with Crippen molar-refractivity contribution >= 4 is 0 Å². The Morgan fingerprint density at radius 1 is 0.684 bits per heavy atom. The summed E-state index contributed by atoms with van der Waals surface area (Å²) < 4.78 is 10.9. The van der Waals surface area contributed by atoms with Gasteiger partial charge in [-0.25, -0.2) is 0 Å². The Labute approximate surface area is 223 Å². The number of ether oxygens (including phenoxy) is 2. The highest BCUT2D eigenvalue weighted by atomic mass is 16.5. The van der Waals surface area contributed by atoms with Gasteiger partial charge in [0.15, 0.2) is 0 Å². The second-order valence-corrected chi connectivity index (χ2v) is 10.1. The number of aliphatic hydroxyl groups is 1. The predicted octanol–water partition coefficient (Wildman–Crippen LogP) is 5.91. The largest absolute Gasteiger partial charge is 0.507 e. The lowest BCUT2D eigenvalue weighted by molar-refractivity contribution is 0.181. The van der Waals surface area contributed by atoms with Crippen LogP contribution in [0.3, 0.4) is 0 Å². The molecule has 1 aliphatic carbocycles. The Hall–Kier alpha value is -3.64. The number of phenolic OH excluding ortho intramolecular Hbond substituents is 2. The fraction of sp³-hybridized carbons (Fsp3) is 0.273. The summed E-state index contributed by atoms with van der Waals surface area (Å²) in [6.07, 6.45) is 0.542. The number of fused-ring (bicyclic) bond motifs is 3. The fourth-order valence-electron chi connectivity index (χ4n) is 6.19. The van der Waals surface area contributed by atoms with Crippen molar-refractivity contribution in [3.05, 3.63) is 117 Å². The van der Waals surface area contributed by atoms with Gasteiger partial charge in [-0.1, -0.05) is 54.6 Å². The number of hydrogen-bond acceptors (Lipinski definition) is 5. The van der Waals surface area contributed by atoms with Crippen molar-refractivity contribution < 1.29 is 24.8 Å². The van der Waals surface area contributed by atoms with Crippen molar-refractivity contribution in [1.82, 2.24) is 0 Å². The molecule has 0 aliphatic heterocycles. The third-order valence-corrected chi connectivity index (χ3v) is 7.76. The van der Waals surface area contributed by atoms with Gasteiger partial charge in [0.25, 0.3) is 0 Å². The second-order valence-electron chi connectivity index (χ2n) is 10.1. The van der Waals surface area contributed by atoms with Gasteiger partial charge in [-0.3, -0.25) is 0 Å². The number of methoxy groups -OCH3 is 2. The maximum absolute atomic E-state index is 10.9. The highest BCUT2D eigenvalue weighted by Crippen LogP contribution is 2.58. The first-order chi connectivity index (χ1) is 18.4. The van der Waals surface area contributed by atoms with Crippen LogP contribution in [-0.2, 0) is 34.5 Å². The molecule has 0 saturated heterocycles. The molecule has 196 valence electrons. The van der Waals surface area contributed by atoms with E-state index in [1.165, 1.54) is 0 Å². The van der Waals surface area contributed by atoms with Gasteiger partial charge in [-0.2, -0.15) is 0 Å². The normalized spacial score (nSPS) is 13.4. The van der Waals surface area contributed by atoms with E-state index < -0.39 is 5.41 Å². The lowest BCUT2D eigenvalue weighted by atomic mass is 9.66. The SMILES string of the molecule is COCc1cc(C2(c3cc(C)c(O)c(COC)c3)c3ccccc3-c3c(CCO)cccc32)cc(C)c1O. The van der Waals surface area contributed by atoms with Crippen LogP contribution in [0, 0.1) is 13.8 Å². The van der Waals surface area contributed by atoms with Gasteiger partial charge in [0.05, 0.1) is 18.6 Å². The minimum Gasteiger partial charge on any atom is -0.507 e. The topological polar surface area (TPSA) is 79.2 Å². The van der Waals surface area contributed by atoms with E-state index in [1.807, 2.05) is 32.0 Å². The van der Waals surface area contributed by atoms with Gasteiger partial charge in [-0.05, 0) is 82.5 Å². The van der Waals surface area contributed by atoms with Crippen LogP contribution in [0.15, 0.2) is 66.7 Å². The monoisotopic (exact) mass is 510 g/mol. The lowest BCUT2D eigenvalue weighted by Crippen LogP contribution is -2.29. The average Bonchev–Trinajstić information content (AvgIpc) is 3.22. The summed E-state index contributed by atoms with van der Waals surface area (Å²) in [7, 11) is 3.25. The van der Waals surface area contributed by atoms with Crippen molar-refractivity contribution in [1.29, 1.82) is 0 Å². The maximum Gasteiger partial charge on any atom is 0.124 e. The van der Waals surface area contributed by atoms with Gasteiger partial charge in [-0.15, -0.1) is 0 Å². The molecular formula is C33H34O5. The molecule has 5 heteroatoms. The zero-order valence-electron chi connectivity index (χ0n) is 22.3. The molecule has 0 spiro atoms. The van der Waals surface area contributed by atoms with Crippen LogP contribution in [0.25, 0.3) is 11.1 Å². The van der Waals surface area contributed by atoms with Crippen molar-refractivity contribution in [2.45, 2.75) is 38.9 Å². The van der Waals surface area contributed by atoms with Gasteiger partial charge in [0.1, 0.15) is 11.5 Å². The van der Waals surface area contributed by atoms with Crippen LogP contribution < -0.4 is 0 Å². The molecule has 0 unspecified atom stereocenters. The molecule has 1 aliphatic rings. The molecule has 5 nitrogen and oxygen atoms in total. The van der Waals surface area contributed by atoms with Crippen LogP contribution in [0.4, 0.5) is 0 Å². The minimum absolute atomic E-state index is 0.0538. The van der Waals surface area contributed by atoms with Crippen molar-refractivity contribution in [3.63, 3.8) is 0 Å². The Morgan fingerprint density at radius 2 is 1.24 bits per heavy atom. The third-order valence-electron chi connectivity index (χ3n) is 7.76. The molecular weight excluding hydrogens is 476 g/mol. The van der Waals surface area contributed by atoms with Gasteiger partial charge >= 0.3 is 0 Å². The maximum atomic E-state index is 10.9. The molecule has 5 rings (SSSR count). The van der Waals surface area contributed by atoms with Gasteiger partial charge in [0.2, 0.25) is 0 Å². The fourth-order valence-corrected chi connectivity index (χ4v) is 6.19. The second kappa shape index (κ2) is 10.3. The van der Waals surface area contributed by atoms with Gasteiger partial charge < -0.3 is 24.8 Å². The molecule has 4 aromatic rings. The number of rotatable bonds is 8. The lowest BCUT2D eigenvalue weighted by Gasteiger charge is -2.35. The predicted molar refractivity (Wildman–Crippen MR) is 149 cm³/mol. The van der Waals surface area contributed by atoms with Gasteiger partial charge in [0, 0.05) is 32.0 Å². The number of benzene rings is 4. The molecule has 0 fully saturated rings. The van der Waals surface area contributed by atoms with E-state index in [9.17, 15) is 15.3 Å². The Morgan fingerprint density at radius 3 is 1.79 bits per heavy atom. The summed E-state index contributed by atoms with van der Waals surface area (Å²) in [5.74, 6) is 0.460. The standard InChI is InChI=1S/C33H34O5/c1-20-14-25(16-23(18-37-3)31(20)35)33(26-15-21(2)32(36)24(17-26)19-38-4)28-10-6-5-9-27(28)30-22(12-13-34)8-7-11-29(30)33/h5-11,14-17,34-36H,12-13,18-19H2,1-4H3. The molecule has 0 atom stereocenters. The van der Waals surface area contributed by atoms with Crippen molar-refractivity contribution in [3.8, 4) is 22.6 Å². The summed E-state index contributed by atoms with van der Waals surface area (Å²) >= 11 is 0. The summed E-state index contributed by atoms with van der Waals surface area (Å²) in [5, 5.41) is 31.7. The number of aryl methyl sites for hydroxylation is 2. The molecule has 0 bridgehead atoms. The number of hydrogen-bond donors (Lipinski definition) is 3. The smallest absolute Gasteiger partial charge is 0.124 e. The van der Waals surface area contributed by atoms with Crippen LogP contribution in [0.1, 0.15) is 50.1 Å². The van der Waals surface area contributed by atoms with E-state index in [0.29, 0.717) is 17.5 Å². The molecule has 4 aromatic carbocycles. The minimum atomic E-state index is -0.737. The summed E-state index contributed by atoms with van der Waals surface area (Å²) in [6, 6.07) is 22.9. The summed E-state index contributed by atoms with van der Waals surface area (Å²) in [5.41, 5.74) is 9.76. The van der Waals surface area contributed by atoms with E-state index in [-0.39, 0.29) is 31.3 Å².